The molecule has 0 saturated heterocycles. The van der Waals surface area contributed by atoms with Crippen LogP contribution in [-0.4, -0.2) is 34.5 Å². The molecule has 0 heterocycles. The van der Waals surface area contributed by atoms with Gasteiger partial charge in [-0.15, -0.1) is 0 Å². The zero-order valence-electron chi connectivity index (χ0n) is 12.8. The highest BCUT2D eigenvalue weighted by molar-refractivity contribution is 7.85. The minimum absolute atomic E-state index is 0.254. The SMILES string of the molecule is CC.CC[P+](CC)(CNS(=O)C(F)(F)F)CC(C)C. The molecule has 1 N–H and O–H groups in total. The van der Waals surface area contributed by atoms with Gasteiger partial charge in [-0.05, 0) is 19.8 Å². The third kappa shape index (κ3) is 8.98. The van der Waals surface area contributed by atoms with Gasteiger partial charge in [0.05, 0.1) is 18.5 Å². The molecule has 118 valence electrons. The summed E-state index contributed by atoms with van der Waals surface area (Å²) in [5.41, 5.74) is -4.66. The smallest absolute Gasteiger partial charge is 0.233 e. The molecule has 0 aliphatic carbocycles. The molecule has 7 heteroatoms. The van der Waals surface area contributed by atoms with Crippen molar-refractivity contribution in [1.82, 2.24) is 4.72 Å². The van der Waals surface area contributed by atoms with E-state index in [9.17, 15) is 17.4 Å². The Morgan fingerprint density at radius 1 is 1.16 bits per heavy atom. The Labute approximate surface area is 118 Å². The fraction of sp³-hybridized carbons (Fsp3) is 1.00. The van der Waals surface area contributed by atoms with Crippen molar-refractivity contribution in [3.63, 3.8) is 0 Å². The van der Waals surface area contributed by atoms with Gasteiger partial charge in [0, 0.05) is 7.26 Å². The zero-order valence-corrected chi connectivity index (χ0v) is 14.5. The van der Waals surface area contributed by atoms with Gasteiger partial charge in [0.2, 0.25) is 11.0 Å². The van der Waals surface area contributed by atoms with Crippen LogP contribution in [-0.2, 0) is 11.0 Å². The van der Waals surface area contributed by atoms with E-state index in [0.717, 1.165) is 18.5 Å². The van der Waals surface area contributed by atoms with Crippen molar-refractivity contribution in [2.45, 2.75) is 47.1 Å². The molecule has 0 amide bonds. The summed E-state index contributed by atoms with van der Waals surface area (Å²) in [6.07, 6.45) is 2.99. The van der Waals surface area contributed by atoms with Crippen molar-refractivity contribution in [2.75, 3.05) is 24.8 Å². The Kier molecular flexibility index (Phi) is 11.5. The lowest BCUT2D eigenvalue weighted by Crippen LogP contribution is -2.33. The largest absolute Gasteiger partial charge is 0.485 e. The maximum Gasteiger partial charge on any atom is 0.485 e. The van der Waals surface area contributed by atoms with E-state index in [4.69, 9.17) is 0 Å². The molecule has 0 aromatic heterocycles. The maximum atomic E-state index is 12.1. The van der Waals surface area contributed by atoms with E-state index in [0.29, 0.717) is 5.92 Å². The Balaban J connectivity index is 0. The molecule has 0 spiro atoms. The van der Waals surface area contributed by atoms with Crippen molar-refractivity contribution in [3.05, 3.63) is 0 Å². The summed E-state index contributed by atoms with van der Waals surface area (Å²) in [4.78, 5) is 0. The average molecular weight is 322 g/mol. The van der Waals surface area contributed by atoms with Crippen LogP contribution in [0.3, 0.4) is 0 Å². The summed E-state index contributed by atoms with van der Waals surface area (Å²) in [5.74, 6) is 0.462. The van der Waals surface area contributed by atoms with E-state index < -0.39 is 23.8 Å². The second-order valence-corrected chi connectivity index (χ2v) is 10.5. The lowest BCUT2D eigenvalue weighted by molar-refractivity contribution is -0.0393. The van der Waals surface area contributed by atoms with Gasteiger partial charge in [-0.2, -0.15) is 17.9 Å². The van der Waals surface area contributed by atoms with Gasteiger partial charge in [-0.25, -0.2) is 4.21 Å². The van der Waals surface area contributed by atoms with E-state index in [1.807, 2.05) is 27.7 Å². The number of hydrogen-bond donors (Lipinski definition) is 1. The topological polar surface area (TPSA) is 29.1 Å². The average Bonchev–Trinajstić information content (AvgIpc) is 2.35. The summed E-state index contributed by atoms with van der Waals surface area (Å²) in [6.45, 7) is 12.2. The van der Waals surface area contributed by atoms with Crippen molar-refractivity contribution in [1.29, 1.82) is 0 Å². The van der Waals surface area contributed by atoms with Crippen molar-refractivity contribution in [2.24, 2.45) is 5.92 Å². The van der Waals surface area contributed by atoms with Crippen molar-refractivity contribution in [3.8, 4) is 0 Å². The van der Waals surface area contributed by atoms with Crippen LogP contribution in [0.5, 0.6) is 0 Å². The van der Waals surface area contributed by atoms with Crippen LogP contribution in [0.25, 0.3) is 0 Å². The molecular formula is C12H28F3NOPS+. The van der Waals surface area contributed by atoms with Gasteiger partial charge >= 0.3 is 5.51 Å². The fourth-order valence-electron chi connectivity index (χ4n) is 1.82. The van der Waals surface area contributed by atoms with Crippen LogP contribution in [0.2, 0.25) is 0 Å². The standard InChI is InChI=1S/C10H22F3NOPS.C2H6/c1-5-16(6-2,7-9(3)4)8-14-17(15)10(11,12)13;1-2/h9,14H,5-8H2,1-4H3;1-2H3/q+1;. The van der Waals surface area contributed by atoms with Crippen LogP contribution < -0.4 is 4.72 Å². The van der Waals surface area contributed by atoms with Gasteiger partial charge in [0.1, 0.15) is 6.29 Å². The highest BCUT2D eigenvalue weighted by atomic mass is 32.2. The first-order valence-electron chi connectivity index (χ1n) is 6.74. The molecule has 0 aromatic rings. The number of nitrogens with one attached hydrogen (secondary N) is 1. The van der Waals surface area contributed by atoms with E-state index in [2.05, 4.69) is 18.6 Å². The summed E-state index contributed by atoms with van der Waals surface area (Å²) in [7, 11) is -4.37. The molecule has 0 aromatic carbocycles. The molecule has 1 unspecified atom stereocenters. The summed E-state index contributed by atoms with van der Waals surface area (Å²) in [6, 6.07) is 0. The fourth-order valence-corrected chi connectivity index (χ4v) is 6.64. The summed E-state index contributed by atoms with van der Waals surface area (Å²) in [5, 5.41) is 0. The normalized spacial score (nSPS) is 14.0. The summed E-state index contributed by atoms with van der Waals surface area (Å²) >= 11 is 0. The van der Waals surface area contributed by atoms with E-state index in [-0.39, 0.29) is 6.29 Å². The lowest BCUT2D eigenvalue weighted by Gasteiger charge is -2.26. The van der Waals surface area contributed by atoms with Crippen molar-refractivity contribution >= 4 is 18.2 Å². The highest BCUT2D eigenvalue weighted by Gasteiger charge is 2.41. The Morgan fingerprint density at radius 3 is 1.84 bits per heavy atom. The first-order chi connectivity index (χ1) is 8.67. The van der Waals surface area contributed by atoms with Gasteiger partial charge in [-0.3, -0.25) is 0 Å². The minimum Gasteiger partial charge on any atom is -0.233 e. The maximum absolute atomic E-state index is 12.1. The van der Waals surface area contributed by atoms with Gasteiger partial charge in [0.25, 0.3) is 0 Å². The minimum atomic E-state index is -4.66. The van der Waals surface area contributed by atoms with Gasteiger partial charge in [0.15, 0.2) is 0 Å². The quantitative estimate of drug-likeness (QED) is 0.689. The third-order valence-corrected chi connectivity index (χ3v) is 8.89. The van der Waals surface area contributed by atoms with E-state index >= 15 is 0 Å². The van der Waals surface area contributed by atoms with Gasteiger partial charge < -0.3 is 0 Å². The second-order valence-electron chi connectivity index (χ2n) is 4.57. The molecule has 0 rings (SSSR count). The predicted octanol–water partition coefficient (Wildman–Crippen LogP) is 4.46. The van der Waals surface area contributed by atoms with Crippen LogP contribution in [0.15, 0.2) is 0 Å². The first kappa shape index (κ1) is 21.6. The van der Waals surface area contributed by atoms with Gasteiger partial charge in [-0.1, -0.05) is 27.7 Å². The Morgan fingerprint density at radius 2 is 1.58 bits per heavy atom. The third-order valence-electron chi connectivity index (χ3n) is 2.84. The van der Waals surface area contributed by atoms with E-state index in [1.165, 1.54) is 0 Å². The zero-order chi connectivity index (χ0) is 15.7. The second kappa shape index (κ2) is 10.1. The van der Waals surface area contributed by atoms with Crippen LogP contribution in [0.1, 0.15) is 41.5 Å². The van der Waals surface area contributed by atoms with Crippen molar-refractivity contribution < 1.29 is 17.4 Å². The van der Waals surface area contributed by atoms with E-state index in [1.54, 1.807) is 0 Å². The highest BCUT2D eigenvalue weighted by Crippen LogP contribution is 2.58. The monoisotopic (exact) mass is 322 g/mol. The number of halogens is 3. The predicted molar refractivity (Wildman–Crippen MR) is 81.3 cm³/mol. The number of hydrogen-bond acceptors (Lipinski definition) is 1. The molecule has 0 radical (unpaired) electrons. The summed E-state index contributed by atoms with van der Waals surface area (Å²) < 4.78 is 49.5. The molecule has 19 heavy (non-hydrogen) atoms. The number of alkyl halides is 3. The molecule has 0 bridgehead atoms. The first-order valence-corrected chi connectivity index (χ1v) is 10.4. The molecule has 0 aliphatic rings. The van der Waals surface area contributed by atoms with Crippen LogP contribution >= 0.6 is 7.26 Å². The van der Waals surface area contributed by atoms with Crippen LogP contribution in [0.4, 0.5) is 13.2 Å². The molecule has 0 aliphatic heterocycles. The number of rotatable bonds is 7. The molecular weight excluding hydrogens is 294 g/mol. The Hall–Kier alpha value is 0.330. The molecule has 1 atom stereocenters. The lowest BCUT2D eigenvalue weighted by atomic mass is 10.3. The molecule has 0 saturated carbocycles. The Bertz CT molecular complexity index is 256. The molecule has 2 nitrogen and oxygen atoms in total. The molecule has 0 fully saturated rings. The van der Waals surface area contributed by atoms with Crippen LogP contribution in [0, 0.1) is 5.92 Å².